The van der Waals surface area contributed by atoms with Gasteiger partial charge in [0.2, 0.25) is 1.43 Å². The molecule has 4 heterocycles. The number of anilines is 2. The van der Waals surface area contributed by atoms with E-state index in [-0.39, 0.29) is 34.2 Å². The average molecular weight is 847 g/mol. The third kappa shape index (κ3) is 8.20. The average Bonchev–Trinajstić information content (AvgIpc) is 3.96. The fourth-order valence-corrected chi connectivity index (χ4v) is 9.38. The lowest BCUT2D eigenvalue weighted by Crippen LogP contribution is -2.52. The van der Waals surface area contributed by atoms with Gasteiger partial charge in [0.05, 0.1) is 41.5 Å². The van der Waals surface area contributed by atoms with Crippen LogP contribution in [0.4, 0.5) is 20.2 Å². The molecule has 6 atom stereocenters. The number of ether oxygens (including phenoxy) is 2. The minimum atomic E-state index is -2.96. The highest BCUT2D eigenvalue weighted by Crippen LogP contribution is 2.52. The first-order chi connectivity index (χ1) is 30.9. The van der Waals surface area contributed by atoms with Gasteiger partial charge in [-0.05, 0) is 133 Å². The summed E-state index contributed by atoms with van der Waals surface area (Å²) in [5.74, 6) is -4.37. The molecule has 0 radical (unpaired) electrons. The highest BCUT2D eigenvalue weighted by molar-refractivity contribution is 5.60. The molecule has 14 heteroatoms. The molecule has 3 aromatic carbocycles. The molecule has 2 aliphatic rings. The Morgan fingerprint density at radius 3 is 2.36 bits per heavy atom. The quantitative estimate of drug-likeness (QED) is 0.133. The van der Waals surface area contributed by atoms with Gasteiger partial charge in [-0.25, -0.2) is 32.5 Å². The van der Waals surface area contributed by atoms with E-state index in [9.17, 15) is 16.0 Å². The molecule has 5 aromatic rings. The summed E-state index contributed by atoms with van der Waals surface area (Å²) in [4.78, 5) is 22.3. The Morgan fingerprint density at radius 1 is 1.00 bits per heavy atom. The van der Waals surface area contributed by atoms with E-state index < -0.39 is 65.3 Å². The van der Waals surface area contributed by atoms with E-state index in [2.05, 4.69) is 31.9 Å². The van der Waals surface area contributed by atoms with E-state index in [1.165, 1.54) is 55.9 Å². The summed E-state index contributed by atoms with van der Waals surface area (Å²) in [5, 5.41) is 13.7. The van der Waals surface area contributed by atoms with Crippen LogP contribution in [0.5, 0.6) is 5.75 Å². The first-order valence-electron chi connectivity index (χ1n) is 23.6. The summed E-state index contributed by atoms with van der Waals surface area (Å²) in [6.07, 6.45) is 0.691. The molecular formula is C47H62F2N8O4. The van der Waals surface area contributed by atoms with Crippen molar-refractivity contribution in [2.75, 3.05) is 36.0 Å². The van der Waals surface area contributed by atoms with Gasteiger partial charge >= 0.3 is 5.69 Å². The number of rotatable bonds is 12. The molecule has 328 valence electrons. The maximum atomic E-state index is 16.2. The van der Waals surface area contributed by atoms with Crippen LogP contribution in [0.3, 0.4) is 0 Å². The second-order valence-electron chi connectivity index (χ2n) is 18.2. The van der Waals surface area contributed by atoms with E-state index >= 15 is 4.39 Å². The second kappa shape index (κ2) is 16.3. The molecule has 0 spiro atoms. The van der Waals surface area contributed by atoms with Crippen LogP contribution in [-0.4, -0.2) is 79.6 Å². The van der Waals surface area contributed by atoms with Crippen molar-refractivity contribution < 1.29 is 30.2 Å². The molecule has 2 fully saturated rings. The maximum Gasteiger partial charge on any atom is 0.350 e. The van der Waals surface area contributed by atoms with Crippen LogP contribution >= 0.6 is 0 Å². The summed E-state index contributed by atoms with van der Waals surface area (Å²) >= 11 is 0. The van der Waals surface area contributed by atoms with Gasteiger partial charge in [0.1, 0.15) is 42.0 Å². The molecule has 2 aliphatic heterocycles. The van der Waals surface area contributed by atoms with E-state index in [0.717, 1.165) is 21.6 Å². The molecule has 2 saturated heterocycles. The molecule has 0 saturated carbocycles. The Bertz CT molecular complexity index is 2720. The van der Waals surface area contributed by atoms with Crippen LogP contribution in [0, 0.1) is 50.6 Å². The van der Waals surface area contributed by atoms with E-state index in [1.807, 2.05) is 58.0 Å². The van der Waals surface area contributed by atoms with Crippen molar-refractivity contribution in [3.63, 3.8) is 0 Å². The lowest BCUT2D eigenvalue weighted by atomic mass is 9.78. The molecule has 1 N–H and O–H groups in total. The zero-order chi connectivity index (χ0) is 49.6. The molecule has 12 nitrogen and oxygen atoms in total. The molecule has 2 aromatic heterocycles. The van der Waals surface area contributed by atoms with Crippen LogP contribution in [0.2, 0.25) is 0 Å². The molecule has 61 heavy (non-hydrogen) atoms. The van der Waals surface area contributed by atoms with E-state index in [0.29, 0.717) is 37.0 Å². The normalized spacial score (nSPS) is 26.8. The summed E-state index contributed by atoms with van der Waals surface area (Å²) in [7, 11) is 0. The summed E-state index contributed by atoms with van der Waals surface area (Å²) < 4.78 is 102. The topological polar surface area (TPSA) is 116 Å². The standard InChI is InChI=1S/C47H62F2N8O4/c1-28-19-37(55-27-52-57(44(55)58)43(45(8,9)10)46(11,12)59)13-15-40(28)53-17-18-54(30(3)23-53)36-14-16-41(29(2)20-36)60-24-35-22-47(61-33(35)6,34(7)56-26-50-25-51-56)42-32(5)31(4)38(48)21-39(42)49/h13-16,19-21,25-27,30,33-35,43,59H,17-18,22-24H2,1-12H3/t30?,33?,34-,35+,43-,47-/m0/s1/i24D2,33D,34D,35D,59D. The SMILES string of the molecule is [2H]OC(C)(C)[C@@H](n1ncn(-c2ccc(N3CCN(c4ccc(OC([2H])([2H])[C@@]5([2H])C[C@@](c6c(F)cc(F)c(C)c6C)([C@]([2H])(C)n6cncn6)OC5([2H])C)c(C)c4)C(C)C3)c(C)c2)c1=O)C(C)(C)C. The molecular weight excluding hydrogens is 779 g/mol. The van der Waals surface area contributed by atoms with Crippen molar-refractivity contribution in [3.8, 4) is 11.4 Å². The van der Waals surface area contributed by atoms with Crippen molar-refractivity contribution in [1.82, 2.24) is 29.1 Å². The minimum absolute atomic E-state index is 0.0376. The van der Waals surface area contributed by atoms with Crippen LogP contribution < -0.4 is 20.2 Å². The first-order valence-corrected chi connectivity index (χ1v) is 20.7. The molecule has 2 unspecified atom stereocenters. The van der Waals surface area contributed by atoms with Gasteiger partial charge in [-0.3, -0.25) is 0 Å². The zero-order valence-corrected chi connectivity index (χ0v) is 37.2. The van der Waals surface area contributed by atoms with Crippen molar-refractivity contribution in [1.29, 1.82) is 1.43 Å². The van der Waals surface area contributed by atoms with Gasteiger partial charge in [0.25, 0.3) is 0 Å². The van der Waals surface area contributed by atoms with E-state index in [4.69, 9.17) is 16.0 Å². The number of benzene rings is 3. The zero-order valence-electron chi connectivity index (χ0n) is 43.2. The van der Waals surface area contributed by atoms with Gasteiger partial charge in [-0.2, -0.15) is 10.2 Å². The van der Waals surface area contributed by atoms with Crippen LogP contribution in [0.1, 0.15) is 109 Å². The molecule has 0 aliphatic carbocycles. The smallest absolute Gasteiger partial charge is 0.350 e. The molecule has 7 rings (SSSR count). The number of hydrogen-bond donors (Lipinski definition) is 1. The Balaban J connectivity index is 1.10. The lowest BCUT2D eigenvalue weighted by Gasteiger charge is -2.43. The number of hydrogen-bond acceptors (Lipinski definition) is 9. The second-order valence-corrected chi connectivity index (χ2v) is 18.2. The summed E-state index contributed by atoms with van der Waals surface area (Å²) in [6, 6.07) is 9.28. The summed E-state index contributed by atoms with van der Waals surface area (Å²) in [5.41, 5.74) is 0.00176. The van der Waals surface area contributed by atoms with Crippen molar-refractivity contribution in [2.24, 2.45) is 11.3 Å². The third-order valence-electron chi connectivity index (χ3n) is 12.3. The minimum Gasteiger partial charge on any atom is -0.493 e. The highest BCUT2D eigenvalue weighted by atomic mass is 19.1. The van der Waals surface area contributed by atoms with Gasteiger partial charge in [-0.1, -0.05) is 20.8 Å². The van der Waals surface area contributed by atoms with Gasteiger partial charge < -0.3 is 24.4 Å². The lowest BCUT2D eigenvalue weighted by molar-refractivity contribution is -0.0787. The number of piperazine rings is 1. The Kier molecular flexibility index (Phi) is 9.78. The molecule has 0 amide bonds. The van der Waals surface area contributed by atoms with Crippen molar-refractivity contribution >= 4 is 11.4 Å². The first kappa shape index (κ1) is 36.6. The van der Waals surface area contributed by atoms with Crippen LogP contribution in [0.25, 0.3) is 5.69 Å². The van der Waals surface area contributed by atoms with Crippen LogP contribution in [0.15, 0.2) is 66.2 Å². The Labute approximate surface area is 366 Å². The van der Waals surface area contributed by atoms with E-state index in [1.54, 1.807) is 26.8 Å². The number of aromatic nitrogens is 6. The predicted octanol–water partition coefficient (Wildman–Crippen LogP) is 8.17. The molecule has 0 bridgehead atoms. The number of nitrogens with zero attached hydrogens (tertiary/aromatic N) is 8. The fraction of sp³-hybridized carbons (Fsp3) is 0.532. The summed E-state index contributed by atoms with van der Waals surface area (Å²) in [6.45, 7) is 19.9. The van der Waals surface area contributed by atoms with Crippen molar-refractivity contribution in [3.05, 3.63) is 111 Å². The fourth-order valence-electron chi connectivity index (χ4n) is 9.38. The Morgan fingerprint density at radius 2 is 1.72 bits per heavy atom. The maximum absolute atomic E-state index is 16.2. The number of aliphatic hydroxyl groups is 1. The predicted molar refractivity (Wildman–Crippen MR) is 234 cm³/mol. The number of aryl methyl sites for hydroxylation is 2. The van der Waals surface area contributed by atoms with Crippen LogP contribution in [-0.2, 0) is 10.3 Å². The monoisotopic (exact) mass is 847 g/mol. The third-order valence-corrected chi connectivity index (χ3v) is 12.3. The van der Waals surface area contributed by atoms with Gasteiger partial charge in [0.15, 0.2) is 0 Å². The van der Waals surface area contributed by atoms with Crippen molar-refractivity contribution in [2.45, 2.75) is 125 Å². The largest absolute Gasteiger partial charge is 0.493 e. The van der Waals surface area contributed by atoms with Gasteiger partial charge in [-0.15, -0.1) is 0 Å². The number of halogens is 2. The Hall–Kier alpha value is -5.08. The van der Waals surface area contributed by atoms with Gasteiger partial charge in [0, 0.05) is 55.9 Å². The highest BCUT2D eigenvalue weighted by Gasteiger charge is 2.53.